The van der Waals surface area contributed by atoms with E-state index >= 15 is 0 Å². The highest BCUT2D eigenvalue weighted by molar-refractivity contribution is 5.85. The van der Waals surface area contributed by atoms with Gasteiger partial charge in [0.2, 0.25) is 5.91 Å². The average Bonchev–Trinajstić information content (AvgIpc) is 2.99. The number of carbonyl (C=O) groups excluding carboxylic acids is 1. The Bertz CT molecular complexity index is 384. The molecule has 2 unspecified atom stereocenters. The Labute approximate surface area is 153 Å². The monoisotopic (exact) mass is 365 g/mol. The van der Waals surface area contributed by atoms with E-state index in [1.165, 1.54) is 19.3 Å². The number of hydrogen-bond donors (Lipinski definition) is 1. The molecule has 2 atom stereocenters. The van der Waals surface area contributed by atoms with E-state index in [0.717, 1.165) is 52.2 Å². The van der Waals surface area contributed by atoms with Crippen LogP contribution in [0.25, 0.3) is 0 Å². The van der Waals surface area contributed by atoms with E-state index in [9.17, 15) is 4.79 Å². The fraction of sp³-hybridized carbons (Fsp3) is 0.941. The highest BCUT2D eigenvalue weighted by Gasteiger charge is 2.58. The lowest BCUT2D eigenvalue weighted by atomic mass is 9.91. The summed E-state index contributed by atoms with van der Waals surface area (Å²) >= 11 is 0. The number of likely N-dealkylation sites (tertiary alicyclic amines) is 1. The van der Waals surface area contributed by atoms with Crippen LogP contribution in [0.3, 0.4) is 0 Å². The molecule has 0 aromatic rings. The number of halogens is 2. The number of amides is 1. The van der Waals surface area contributed by atoms with Gasteiger partial charge in [-0.2, -0.15) is 0 Å². The van der Waals surface area contributed by atoms with E-state index in [2.05, 4.69) is 29.0 Å². The maximum atomic E-state index is 12.7. The number of nitrogens with zero attached hydrogens (tertiary/aromatic N) is 2. The second kappa shape index (κ2) is 8.89. The first-order valence-electron chi connectivity index (χ1n) is 8.90. The quantitative estimate of drug-likeness (QED) is 0.812. The van der Waals surface area contributed by atoms with Crippen LogP contribution in [0.5, 0.6) is 0 Å². The van der Waals surface area contributed by atoms with Crippen molar-refractivity contribution in [3.63, 3.8) is 0 Å². The van der Waals surface area contributed by atoms with Gasteiger partial charge in [-0.05, 0) is 63.2 Å². The second-order valence-corrected chi connectivity index (χ2v) is 7.29. The molecular weight excluding hydrogens is 333 g/mol. The zero-order valence-corrected chi connectivity index (χ0v) is 16.2. The van der Waals surface area contributed by atoms with Crippen LogP contribution < -0.4 is 5.32 Å². The van der Waals surface area contributed by atoms with Crippen LogP contribution in [-0.4, -0.2) is 61.5 Å². The first kappa shape index (κ1) is 21.0. The van der Waals surface area contributed by atoms with E-state index in [1.54, 1.807) is 0 Å². The predicted octanol–water partition coefficient (Wildman–Crippen LogP) is 2.41. The fourth-order valence-corrected chi connectivity index (χ4v) is 4.42. The van der Waals surface area contributed by atoms with Gasteiger partial charge in [0.25, 0.3) is 0 Å². The third kappa shape index (κ3) is 4.53. The first-order valence-corrected chi connectivity index (χ1v) is 8.90. The molecule has 3 rings (SSSR count). The van der Waals surface area contributed by atoms with E-state index < -0.39 is 0 Å². The van der Waals surface area contributed by atoms with E-state index in [4.69, 9.17) is 0 Å². The summed E-state index contributed by atoms with van der Waals surface area (Å²) in [6.45, 7) is 12.1. The molecular formula is C17H33Cl2N3O. The van der Waals surface area contributed by atoms with Crippen molar-refractivity contribution in [2.24, 2.45) is 17.3 Å². The molecule has 2 saturated heterocycles. The lowest BCUT2D eigenvalue weighted by molar-refractivity contribution is -0.132. The first-order chi connectivity index (χ1) is 10.2. The highest BCUT2D eigenvalue weighted by atomic mass is 35.5. The topological polar surface area (TPSA) is 35.6 Å². The van der Waals surface area contributed by atoms with Crippen LogP contribution in [-0.2, 0) is 4.79 Å². The molecule has 3 fully saturated rings. The SMILES string of the molecule is CCN(CC)CC1CCN(C(=O)C2CC23CCNCC3)C1.Cl.Cl. The molecule has 6 heteroatoms. The number of hydrogen-bond acceptors (Lipinski definition) is 3. The average molecular weight is 366 g/mol. The van der Waals surface area contributed by atoms with Crippen LogP contribution in [0.1, 0.15) is 39.5 Å². The number of nitrogens with one attached hydrogen (secondary N) is 1. The van der Waals surface area contributed by atoms with E-state index in [0.29, 0.717) is 23.2 Å². The number of piperidine rings is 1. The zero-order chi connectivity index (χ0) is 14.9. The molecule has 3 aliphatic rings. The van der Waals surface area contributed by atoms with Crippen molar-refractivity contribution in [2.75, 3.05) is 45.8 Å². The molecule has 1 aliphatic carbocycles. The smallest absolute Gasteiger partial charge is 0.226 e. The predicted molar refractivity (Wildman–Crippen MR) is 99.6 cm³/mol. The van der Waals surface area contributed by atoms with Gasteiger partial charge in [0.15, 0.2) is 0 Å². The van der Waals surface area contributed by atoms with Gasteiger partial charge < -0.3 is 15.1 Å². The molecule has 4 nitrogen and oxygen atoms in total. The van der Waals surface area contributed by atoms with Crippen LogP contribution in [0.4, 0.5) is 0 Å². The Morgan fingerprint density at radius 3 is 2.48 bits per heavy atom. The Morgan fingerprint density at radius 2 is 1.87 bits per heavy atom. The molecule has 2 aliphatic heterocycles. The number of carbonyl (C=O) groups is 1. The van der Waals surface area contributed by atoms with Crippen molar-refractivity contribution in [1.29, 1.82) is 0 Å². The van der Waals surface area contributed by atoms with Crippen molar-refractivity contribution in [2.45, 2.75) is 39.5 Å². The summed E-state index contributed by atoms with van der Waals surface area (Å²) in [5.74, 6) is 1.52. The minimum atomic E-state index is 0. The lowest BCUT2D eigenvalue weighted by Gasteiger charge is -2.25. The summed E-state index contributed by atoms with van der Waals surface area (Å²) in [7, 11) is 0. The maximum Gasteiger partial charge on any atom is 0.226 e. The maximum absolute atomic E-state index is 12.7. The van der Waals surface area contributed by atoms with Gasteiger partial charge in [0.1, 0.15) is 0 Å². The fourth-order valence-electron chi connectivity index (χ4n) is 4.42. The molecule has 0 radical (unpaired) electrons. The van der Waals surface area contributed by atoms with E-state index in [-0.39, 0.29) is 24.8 Å². The molecule has 0 bridgehead atoms. The summed E-state index contributed by atoms with van der Waals surface area (Å²) in [4.78, 5) is 17.4. The molecule has 1 spiro atoms. The molecule has 23 heavy (non-hydrogen) atoms. The molecule has 2 heterocycles. The Balaban J connectivity index is 0.00000132. The lowest BCUT2D eigenvalue weighted by Crippen LogP contribution is -2.36. The minimum Gasteiger partial charge on any atom is -0.342 e. The summed E-state index contributed by atoms with van der Waals surface area (Å²) < 4.78 is 0. The Hall–Kier alpha value is -0.0300. The largest absolute Gasteiger partial charge is 0.342 e. The Kier molecular flexibility index (Phi) is 8.12. The van der Waals surface area contributed by atoms with Crippen molar-refractivity contribution < 1.29 is 4.79 Å². The van der Waals surface area contributed by atoms with Crippen molar-refractivity contribution in [1.82, 2.24) is 15.1 Å². The van der Waals surface area contributed by atoms with Crippen molar-refractivity contribution >= 4 is 30.7 Å². The minimum absolute atomic E-state index is 0. The third-order valence-corrected chi connectivity index (χ3v) is 6.10. The van der Waals surface area contributed by atoms with Crippen LogP contribution in [0.15, 0.2) is 0 Å². The summed E-state index contributed by atoms with van der Waals surface area (Å²) in [5.41, 5.74) is 0.388. The molecule has 1 saturated carbocycles. The standard InChI is InChI=1S/C17H31N3O.2ClH/c1-3-19(4-2)12-14-5-10-20(13-14)16(21)15-11-17(15)6-8-18-9-7-17;;/h14-15,18H,3-13H2,1-2H3;2*1H. The van der Waals surface area contributed by atoms with Gasteiger partial charge in [0, 0.05) is 25.6 Å². The molecule has 0 aromatic heterocycles. The molecule has 0 aromatic carbocycles. The van der Waals surface area contributed by atoms with E-state index in [1.807, 2.05) is 0 Å². The molecule has 1 amide bonds. The van der Waals surface area contributed by atoms with Gasteiger partial charge in [0.05, 0.1) is 0 Å². The normalized spacial score (nSPS) is 28.4. The van der Waals surface area contributed by atoms with Gasteiger partial charge in [-0.3, -0.25) is 4.79 Å². The highest BCUT2D eigenvalue weighted by Crippen LogP contribution is 2.59. The Morgan fingerprint density at radius 1 is 1.22 bits per heavy atom. The van der Waals surface area contributed by atoms with Gasteiger partial charge in [-0.15, -0.1) is 24.8 Å². The molecule has 1 N–H and O–H groups in total. The summed E-state index contributed by atoms with van der Waals surface area (Å²) in [5, 5.41) is 3.42. The molecule has 136 valence electrons. The van der Waals surface area contributed by atoms with Gasteiger partial charge in [-0.1, -0.05) is 13.8 Å². The van der Waals surface area contributed by atoms with Gasteiger partial charge >= 0.3 is 0 Å². The summed E-state index contributed by atoms with van der Waals surface area (Å²) in [6.07, 6.45) is 4.77. The number of rotatable bonds is 5. The third-order valence-electron chi connectivity index (χ3n) is 6.10. The second-order valence-electron chi connectivity index (χ2n) is 7.29. The van der Waals surface area contributed by atoms with Crippen LogP contribution >= 0.6 is 24.8 Å². The van der Waals surface area contributed by atoms with Crippen molar-refractivity contribution in [3.8, 4) is 0 Å². The van der Waals surface area contributed by atoms with Gasteiger partial charge in [-0.25, -0.2) is 0 Å². The van der Waals surface area contributed by atoms with Crippen LogP contribution in [0, 0.1) is 17.3 Å². The van der Waals surface area contributed by atoms with Crippen molar-refractivity contribution in [3.05, 3.63) is 0 Å². The summed E-state index contributed by atoms with van der Waals surface area (Å²) in [6, 6.07) is 0. The zero-order valence-electron chi connectivity index (χ0n) is 14.6. The van der Waals surface area contributed by atoms with Crippen LogP contribution in [0.2, 0.25) is 0 Å².